The fraction of sp³-hybridized carbons (Fsp3) is 0.304. The smallest absolute Gasteiger partial charge is 0.234 e. The van der Waals surface area contributed by atoms with Crippen LogP contribution in [0, 0.1) is 0 Å². The maximum Gasteiger partial charge on any atom is 0.234 e. The van der Waals surface area contributed by atoms with Gasteiger partial charge in [0.2, 0.25) is 11.8 Å². The lowest BCUT2D eigenvalue weighted by Gasteiger charge is -2.15. The van der Waals surface area contributed by atoms with Crippen molar-refractivity contribution in [1.29, 1.82) is 0 Å². The van der Waals surface area contributed by atoms with Crippen molar-refractivity contribution in [2.75, 3.05) is 18.2 Å². The van der Waals surface area contributed by atoms with E-state index >= 15 is 0 Å². The molecule has 1 atom stereocenters. The van der Waals surface area contributed by atoms with Crippen LogP contribution in [0.2, 0.25) is 5.02 Å². The number of hydrogen-bond donors (Lipinski definition) is 2. The highest BCUT2D eigenvalue weighted by atomic mass is 79.9. The molecule has 0 aliphatic heterocycles. The summed E-state index contributed by atoms with van der Waals surface area (Å²) in [5.74, 6) is 1.23. The Kier molecular flexibility index (Phi) is 9.37. The van der Waals surface area contributed by atoms with Crippen LogP contribution in [-0.4, -0.2) is 39.4 Å². The molecule has 1 heterocycles. The standard InChI is InChI=1S/C23H25BrClN5O3S/c1-4-30-22(14(2)26-20(31)11-15-5-8-17(33-3)9-6-15)28-29-23(30)34-13-21(32)27-16-7-10-18(24)19(25)12-16/h5-10,12,14H,4,11,13H2,1-3H3,(H,26,31)(H,27,32). The highest BCUT2D eigenvalue weighted by molar-refractivity contribution is 9.10. The van der Waals surface area contributed by atoms with Crippen molar-refractivity contribution >= 4 is 56.8 Å². The van der Waals surface area contributed by atoms with E-state index in [0.717, 1.165) is 15.8 Å². The van der Waals surface area contributed by atoms with E-state index in [1.165, 1.54) is 11.8 Å². The third kappa shape index (κ3) is 6.97. The number of nitrogens with zero attached hydrogens (tertiary/aromatic N) is 3. The van der Waals surface area contributed by atoms with Gasteiger partial charge in [-0.1, -0.05) is 35.5 Å². The SMILES string of the molecule is CCn1c(SCC(=O)Nc2ccc(Br)c(Cl)c2)nnc1C(C)NC(=O)Cc1ccc(OC)cc1. The van der Waals surface area contributed by atoms with Crippen molar-refractivity contribution < 1.29 is 14.3 Å². The summed E-state index contributed by atoms with van der Waals surface area (Å²) in [7, 11) is 1.60. The highest BCUT2D eigenvalue weighted by Gasteiger charge is 2.20. The van der Waals surface area contributed by atoms with E-state index in [2.05, 4.69) is 36.8 Å². The van der Waals surface area contributed by atoms with Crippen LogP contribution in [0.5, 0.6) is 5.75 Å². The van der Waals surface area contributed by atoms with Gasteiger partial charge in [0.05, 0.1) is 30.3 Å². The van der Waals surface area contributed by atoms with Crippen molar-refractivity contribution in [3.05, 3.63) is 63.3 Å². The molecule has 1 aromatic heterocycles. The summed E-state index contributed by atoms with van der Waals surface area (Å²) < 4.78 is 7.80. The second-order valence-electron chi connectivity index (χ2n) is 7.36. The quantitative estimate of drug-likeness (QED) is 0.340. The molecule has 11 heteroatoms. The molecule has 0 aliphatic rings. The van der Waals surface area contributed by atoms with E-state index in [0.29, 0.717) is 28.2 Å². The molecule has 2 amide bonds. The monoisotopic (exact) mass is 565 g/mol. The minimum absolute atomic E-state index is 0.120. The number of carbonyl (C=O) groups excluding carboxylic acids is 2. The van der Waals surface area contributed by atoms with E-state index in [-0.39, 0.29) is 30.0 Å². The predicted octanol–water partition coefficient (Wildman–Crippen LogP) is 4.87. The zero-order chi connectivity index (χ0) is 24.7. The van der Waals surface area contributed by atoms with Gasteiger partial charge < -0.3 is 19.9 Å². The molecule has 0 saturated heterocycles. The first-order valence-corrected chi connectivity index (χ1v) is 12.7. The van der Waals surface area contributed by atoms with Crippen LogP contribution < -0.4 is 15.4 Å². The summed E-state index contributed by atoms with van der Waals surface area (Å²) in [5, 5.41) is 15.4. The van der Waals surface area contributed by atoms with Crippen molar-refractivity contribution in [3.8, 4) is 5.75 Å². The number of benzene rings is 2. The Balaban J connectivity index is 1.57. The molecule has 2 N–H and O–H groups in total. The molecular formula is C23H25BrClN5O3S. The molecule has 0 aliphatic carbocycles. The van der Waals surface area contributed by atoms with E-state index in [1.807, 2.05) is 42.7 Å². The summed E-state index contributed by atoms with van der Waals surface area (Å²) in [6.07, 6.45) is 0.246. The van der Waals surface area contributed by atoms with Gasteiger partial charge >= 0.3 is 0 Å². The number of hydrogen-bond acceptors (Lipinski definition) is 6. The number of rotatable bonds is 10. The average molecular weight is 567 g/mol. The van der Waals surface area contributed by atoms with Crippen LogP contribution in [0.25, 0.3) is 0 Å². The molecule has 8 nitrogen and oxygen atoms in total. The second kappa shape index (κ2) is 12.2. The fourth-order valence-corrected chi connectivity index (χ4v) is 4.45. The molecule has 0 bridgehead atoms. The van der Waals surface area contributed by atoms with Crippen LogP contribution in [0.15, 0.2) is 52.1 Å². The van der Waals surface area contributed by atoms with E-state index in [9.17, 15) is 9.59 Å². The third-order valence-electron chi connectivity index (χ3n) is 4.89. The number of thioether (sulfide) groups is 1. The molecule has 34 heavy (non-hydrogen) atoms. The van der Waals surface area contributed by atoms with E-state index in [4.69, 9.17) is 16.3 Å². The summed E-state index contributed by atoms with van der Waals surface area (Å²) >= 11 is 10.7. The number of amides is 2. The Morgan fingerprint density at radius 3 is 2.56 bits per heavy atom. The molecule has 0 fully saturated rings. The van der Waals surface area contributed by atoms with E-state index < -0.39 is 0 Å². The second-order valence-corrected chi connectivity index (χ2v) is 9.57. The van der Waals surface area contributed by atoms with Crippen LogP contribution in [0.1, 0.15) is 31.3 Å². The van der Waals surface area contributed by atoms with E-state index in [1.54, 1.807) is 25.3 Å². The number of ether oxygens (including phenoxy) is 1. The van der Waals surface area contributed by atoms with Crippen molar-refractivity contribution in [2.45, 2.75) is 38.0 Å². The molecular weight excluding hydrogens is 542 g/mol. The Labute approximate surface area is 215 Å². The summed E-state index contributed by atoms with van der Waals surface area (Å²) in [6, 6.07) is 12.2. The summed E-state index contributed by atoms with van der Waals surface area (Å²) in [5.41, 5.74) is 1.50. The maximum atomic E-state index is 12.5. The molecule has 3 aromatic rings. The Morgan fingerprint density at radius 1 is 1.18 bits per heavy atom. The Bertz CT molecular complexity index is 1160. The number of anilines is 1. The number of aromatic nitrogens is 3. The maximum absolute atomic E-state index is 12.5. The highest BCUT2D eigenvalue weighted by Crippen LogP contribution is 2.26. The van der Waals surface area contributed by atoms with Crippen LogP contribution in [0.3, 0.4) is 0 Å². The zero-order valence-electron chi connectivity index (χ0n) is 19.0. The van der Waals surface area contributed by atoms with Gasteiger partial charge in [-0.2, -0.15) is 0 Å². The van der Waals surface area contributed by atoms with Gasteiger partial charge in [0.25, 0.3) is 0 Å². The first-order valence-electron chi connectivity index (χ1n) is 10.5. The normalized spacial score (nSPS) is 11.7. The first-order chi connectivity index (χ1) is 16.3. The molecule has 3 rings (SSSR count). The van der Waals surface area contributed by atoms with Crippen molar-refractivity contribution in [1.82, 2.24) is 20.1 Å². The number of methoxy groups -OCH3 is 1. The topological polar surface area (TPSA) is 98.1 Å². The molecule has 0 radical (unpaired) electrons. The van der Waals surface area contributed by atoms with Crippen LogP contribution >= 0.6 is 39.3 Å². The van der Waals surface area contributed by atoms with Crippen molar-refractivity contribution in [2.24, 2.45) is 0 Å². The minimum Gasteiger partial charge on any atom is -0.497 e. The number of nitrogens with one attached hydrogen (secondary N) is 2. The lowest BCUT2D eigenvalue weighted by Crippen LogP contribution is -2.30. The van der Waals surface area contributed by atoms with Gasteiger partial charge in [-0.3, -0.25) is 9.59 Å². The van der Waals surface area contributed by atoms with Gasteiger partial charge in [-0.15, -0.1) is 10.2 Å². The average Bonchev–Trinajstić information content (AvgIpc) is 3.23. The number of carbonyl (C=O) groups is 2. The predicted molar refractivity (Wildman–Crippen MR) is 137 cm³/mol. The van der Waals surface area contributed by atoms with Gasteiger partial charge in [0.15, 0.2) is 11.0 Å². The van der Waals surface area contributed by atoms with Crippen LogP contribution in [0.4, 0.5) is 5.69 Å². The first kappa shape index (κ1) is 26.1. The molecule has 1 unspecified atom stereocenters. The summed E-state index contributed by atoms with van der Waals surface area (Å²) in [4.78, 5) is 24.9. The lowest BCUT2D eigenvalue weighted by atomic mass is 10.1. The van der Waals surface area contributed by atoms with Gasteiger partial charge in [-0.05, 0) is 65.7 Å². The number of halogens is 2. The molecule has 180 valence electrons. The summed E-state index contributed by atoms with van der Waals surface area (Å²) in [6.45, 7) is 4.43. The lowest BCUT2D eigenvalue weighted by molar-refractivity contribution is -0.121. The Hall–Kier alpha value is -2.56. The Morgan fingerprint density at radius 2 is 1.91 bits per heavy atom. The van der Waals surface area contributed by atoms with Crippen molar-refractivity contribution in [3.63, 3.8) is 0 Å². The molecule has 2 aromatic carbocycles. The fourth-order valence-electron chi connectivity index (χ4n) is 3.21. The largest absolute Gasteiger partial charge is 0.497 e. The zero-order valence-corrected chi connectivity index (χ0v) is 22.1. The van der Waals surface area contributed by atoms with Crippen LogP contribution in [-0.2, 0) is 22.6 Å². The molecule has 0 saturated carbocycles. The molecule has 0 spiro atoms. The van der Waals surface area contributed by atoms with Gasteiger partial charge in [-0.25, -0.2) is 0 Å². The third-order valence-corrected chi connectivity index (χ3v) is 7.09. The van der Waals surface area contributed by atoms with Gasteiger partial charge in [0, 0.05) is 16.7 Å². The minimum atomic E-state index is -0.341. The van der Waals surface area contributed by atoms with Gasteiger partial charge in [0.1, 0.15) is 5.75 Å².